The molecule has 1 saturated heterocycles. The SMILES string of the molecule is CCN(CC)C(=O)C1CSCN1C(=O)c1ccc(OC)c(OC)c1. The molecule has 7 heteroatoms. The lowest BCUT2D eigenvalue weighted by molar-refractivity contribution is -0.134. The topological polar surface area (TPSA) is 59.1 Å². The molecule has 132 valence electrons. The molecule has 2 rings (SSSR count). The van der Waals surface area contributed by atoms with Gasteiger partial charge in [0.15, 0.2) is 11.5 Å². The maximum Gasteiger partial charge on any atom is 0.255 e. The summed E-state index contributed by atoms with van der Waals surface area (Å²) >= 11 is 1.60. The van der Waals surface area contributed by atoms with E-state index in [4.69, 9.17) is 9.47 Å². The maximum atomic E-state index is 12.9. The number of hydrogen-bond donors (Lipinski definition) is 0. The van der Waals surface area contributed by atoms with Crippen molar-refractivity contribution in [1.82, 2.24) is 9.80 Å². The third-order valence-corrected chi connectivity index (χ3v) is 5.15. The minimum Gasteiger partial charge on any atom is -0.493 e. The monoisotopic (exact) mass is 352 g/mol. The van der Waals surface area contributed by atoms with E-state index in [2.05, 4.69) is 0 Å². The first-order chi connectivity index (χ1) is 11.6. The fraction of sp³-hybridized carbons (Fsp3) is 0.529. The molecule has 24 heavy (non-hydrogen) atoms. The average Bonchev–Trinajstić information content (AvgIpc) is 3.11. The predicted molar refractivity (Wildman–Crippen MR) is 94.8 cm³/mol. The highest BCUT2D eigenvalue weighted by molar-refractivity contribution is 7.99. The summed E-state index contributed by atoms with van der Waals surface area (Å²) in [5.41, 5.74) is 0.493. The van der Waals surface area contributed by atoms with Crippen molar-refractivity contribution in [3.8, 4) is 11.5 Å². The van der Waals surface area contributed by atoms with Crippen LogP contribution in [0.3, 0.4) is 0 Å². The number of likely N-dealkylation sites (N-methyl/N-ethyl adjacent to an activating group) is 1. The molecule has 1 aliphatic heterocycles. The summed E-state index contributed by atoms with van der Waals surface area (Å²) < 4.78 is 10.5. The highest BCUT2D eigenvalue weighted by Gasteiger charge is 2.37. The van der Waals surface area contributed by atoms with Crippen molar-refractivity contribution >= 4 is 23.6 Å². The molecule has 1 atom stereocenters. The Morgan fingerprint density at radius 3 is 2.46 bits per heavy atom. The maximum absolute atomic E-state index is 12.9. The summed E-state index contributed by atoms with van der Waals surface area (Å²) in [6.07, 6.45) is 0. The molecule has 0 aromatic heterocycles. The van der Waals surface area contributed by atoms with Crippen LogP contribution in [0.15, 0.2) is 18.2 Å². The quantitative estimate of drug-likeness (QED) is 0.785. The van der Waals surface area contributed by atoms with E-state index in [1.807, 2.05) is 13.8 Å². The second-order valence-corrected chi connectivity index (χ2v) is 6.37. The third-order valence-electron chi connectivity index (χ3n) is 4.13. The molecule has 1 heterocycles. The number of carbonyl (C=O) groups is 2. The fourth-order valence-electron chi connectivity index (χ4n) is 2.73. The van der Waals surface area contributed by atoms with Crippen molar-refractivity contribution in [1.29, 1.82) is 0 Å². The molecule has 1 aliphatic rings. The average molecular weight is 352 g/mol. The van der Waals surface area contributed by atoms with E-state index in [1.54, 1.807) is 46.9 Å². The first kappa shape index (κ1) is 18.4. The summed E-state index contributed by atoms with van der Waals surface area (Å²) in [7, 11) is 3.08. The molecule has 0 radical (unpaired) electrons. The molecule has 0 bridgehead atoms. The van der Waals surface area contributed by atoms with Crippen LogP contribution in [0.4, 0.5) is 0 Å². The van der Waals surface area contributed by atoms with Gasteiger partial charge < -0.3 is 19.3 Å². The number of benzene rings is 1. The summed E-state index contributed by atoms with van der Waals surface area (Å²) in [6, 6.07) is 4.65. The Bertz CT molecular complexity index is 604. The number of thioether (sulfide) groups is 1. The molecular formula is C17H24N2O4S. The van der Waals surface area contributed by atoms with Gasteiger partial charge in [-0.25, -0.2) is 0 Å². The van der Waals surface area contributed by atoms with Gasteiger partial charge in [-0.05, 0) is 32.0 Å². The normalized spacial score (nSPS) is 16.8. The van der Waals surface area contributed by atoms with Crippen LogP contribution in [0.25, 0.3) is 0 Å². The van der Waals surface area contributed by atoms with Crippen molar-refractivity contribution in [2.75, 3.05) is 38.9 Å². The standard InChI is InChI=1S/C17H24N2O4S/c1-5-18(6-2)17(21)13-10-24-11-19(13)16(20)12-7-8-14(22-3)15(9-12)23-4/h7-9,13H,5-6,10-11H2,1-4H3. The second kappa shape index (κ2) is 8.28. The van der Waals surface area contributed by atoms with Crippen molar-refractivity contribution in [3.63, 3.8) is 0 Å². The molecule has 6 nitrogen and oxygen atoms in total. The Kier molecular flexibility index (Phi) is 6.36. The van der Waals surface area contributed by atoms with Gasteiger partial charge in [-0.1, -0.05) is 0 Å². The molecule has 0 N–H and O–H groups in total. The number of methoxy groups -OCH3 is 2. The van der Waals surface area contributed by atoms with Gasteiger partial charge in [-0.2, -0.15) is 0 Å². The van der Waals surface area contributed by atoms with Crippen LogP contribution in [0, 0.1) is 0 Å². The largest absolute Gasteiger partial charge is 0.493 e. The number of amides is 2. The van der Waals surface area contributed by atoms with Gasteiger partial charge in [-0.3, -0.25) is 9.59 Å². The second-order valence-electron chi connectivity index (χ2n) is 5.37. The van der Waals surface area contributed by atoms with Crippen LogP contribution < -0.4 is 9.47 Å². The zero-order valence-corrected chi connectivity index (χ0v) is 15.4. The van der Waals surface area contributed by atoms with Crippen molar-refractivity contribution in [3.05, 3.63) is 23.8 Å². The number of carbonyl (C=O) groups excluding carboxylic acids is 2. The summed E-state index contributed by atoms with van der Waals surface area (Å²) in [5, 5.41) is 0. The van der Waals surface area contributed by atoms with Gasteiger partial charge in [0.05, 0.1) is 20.1 Å². The minimum atomic E-state index is -0.407. The van der Waals surface area contributed by atoms with E-state index < -0.39 is 6.04 Å². The van der Waals surface area contributed by atoms with Crippen LogP contribution in [0.2, 0.25) is 0 Å². The molecule has 0 aliphatic carbocycles. The van der Waals surface area contributed by atoms with Gasteiger partial charge in [-0.15, -0.1) is 11.8 Å². The molecular weight excluding hydrogens is 328 g/mol. The third kappa shape index (κ3) is 3.61. The molecule has 1 aromatic carbocycles. The highest BCUT2D eigenvalue weighted by Crippen LogP contribution is 2.30. The van der Waals surface area contributed by atoms with Crippen molar-refractivity contribution in [2.45, 2.75) is 19.9 Å². The molecule has 2 amide bonds. The van der Waals surface area contributed by atoms with Crippen LogP contribution in [0.5, 0.6) is 11.5 Å². The molecule has 1 aromatic rings. The van der Waals surface area contributed by atoms with E-state index in [1.165, 1.54) is 7.11 Å². The van der Waals surface area contributed by atoms with Crippen LogP contribution >= 0.6 is 11.8 Å². The molecule has 0 spiro atoms. The van der Waals surface area contributed by atoms with Crippen LogP contribution in [0.1, 0.15) is 24.2 Å². The number of ether oxygens (including phenoxy) is 2. The fourth-order valence-corrected chi connectivity index (χ4v) is 3.87. The summed E-state index contributed by atoms with van der Waals surface area (Å²) in [6.45, 7) is 5.19. The molecule has 1 fully saturated rings. The Balaban J connectivity index is 2.23. The zero-order valence-electron chi connectivity index (χ0n) is 14.6. The Hall–Kier alpha value is -1.89. The lowest BCUT2D eigenvalue weighted by atomic mass is 10.1. The predicted octanol–water partition coefficient (Wildman–Crippen LogP) is 2.09. The smallest absolute Gasteiger partial charge is 0.255 e. The lowest BCUT2D eigenvalue weighted by Gasteiger charge is -2.28. The van der Waals surface area contributed by atoms with Gasteiger partial charge in [0.2, 0.25) is 5.91 Å². The molecule has 0 saturated carbocycles. The number of hydrogen-bond acceptors (Lipinski definition) is 5. The van der Waals surface area contributed by atoms with E-state index in [9.17, 15) is 9.59 Å². The van der Waals surface area contributed by atoms with Crippen molar-refractivity contribution < 1.29 is 19.1 Å². The van der Waals surface area contributed by atoms with E-state index in [0.717, 1.165) is 0 Å². The van der Waals surface area contributed by atoms with E-state index in [0.29, 0.717) is 41.8 Å². The van der Waals surface area contributed by atoms with E-state index >= 15 is 0 Å². The minimum absolute atomic E-state index is 0.0128. The summed E-state index contributed by atoms with van der Waals surface area (Å²) in [4.78, 5) is 28.9. The first-order valence-electron chi connectivity index (χ1n) is 7.96. The Morgan fingerprint density at radius 2 is 1.88 bits per heavy atom. The first-order valence-corrected chi connectivity index (χ1v) is 9.12. The van der Waals surface area contributed by atoms with Crippen LogP contribution in [-0.2, 0) is 4.79 Å². The molecule has 1 unspecified atom stereocenters. The van der Waals surface area contributed by atoms with Crippen LogP contribution in [-0.4, -0.2) is 66.6 Å². The van der Waals surface area contributed by atoms with Gasteiger partial charge >= 0.3 is 0 Å². The number of rotatable bonds is 6. The zero-order chi connectivity index (χ0) is 17.7. The van der Waals surface area contributed by atoms with Crippen molar-refractivity contribution in [2.24, 2.45) is 0 Å². The van der Waals surface area contributed by atoms with E-state index in [-0.39, 0.29) is 11.8 Å². The Morgan fingerprint density at radius 1 is 1.21 bits per heavy atom. The van der Waals surface area contributed by atoms with Gasteiger partial charge in [0.1, 0.15) is 6.04 Å². The highest BCUT2D eigenvalue weighted by atomic mass is 32.2. The van der Waals surface area contributed by atoms with Gasteiger partial charge in [0.25, 0.3) is 5.91 Å². The Labute approximate surface area is 147 Å². The number of nitrogens with zero attached hydrogens (tertiary/aromatic N) is 2. The lowest BCUT2D eigenvalue weighted by Crippen LogP contribution is -2.48. The summed E-state index contributed by atoms with van der Waals surface area (Å²) in [5.74, 6) is 2.08. The van der Waals surface area contributed by atoms with Gasteiger partial charge in [0, 0.05) is 24.4 Å².